The highest BCUT2D eigenvalue weighted by Crippen LogP contribution is 2.33. The zero-order valence-corrected chi connectivity index (χ0v) is 17.1. The maximum Gasteiger partial charge on any atom is 0.251 e. The van der Waals surface area contributed by atoms with Gasteiger partial charge in [0.2, 0.25) is 0 Å². The zero-order chi connectivity index (χ0) is 20.2. The van der Waals surface area contributed by atoms with Gasteiger partial charge in [-0.15, -0.1) is 11.3 Å². The van der Waals surface area contributed by atoms with Crippen molar-refractivity contribution in [2.45, 2.75) is 37.8 Å². The molecular formula is C23H23N3O2S. The van der Waals surface area contributed by atoms with Crippen molar-refractivity contribution in [2.24, 2.45) is 0 Å². The van der Waals surface area contributed by atoms with Crippen molar-refractivity contribution in [1.82, 2.24) is 5.32 Å². The molecule has 0 unspecified atom stereocenters. The zero-order valence-electron chi connectivity index (χ0n) is 16.3. The molecule has 1 aliphatic rings. The van der Waals surface area contributed by atoms with Crippen LogP contribution in [-0.4, -0.2) is 25.1 Å². The van der Waals surface area contributed by atoms with Crippen LogP contribution in [-0.2, 0) is 0 Å². The summed E-state index contributed by atoms with van der Waals surface area (Å²) in [6.45, 7) is 0. The third kappa shape index (κ3) is 4.36. The molecule has 1 fully saturated rings. The molecule has 0 bridgehead atoms. The monoisotopic (exact) mass is 405 g/mol. The van der Waals surface area contributed by atoms with Gasteiger partial charge in [-0.3, -0.25) is 4.79 Å². The fourth-order valence-corrected chi connectivity index (χ4v) is 4.81. The van der Waals surface area contributed by atoms with Gasteiger partial charge in [-0.05, 0) is 68.1 Å². The standard InChI is InChI=1S/C23H23N3O2S/c1-28-18-10-8-15(9-11-18)23(27)26-17-5-2-4-16(12-17)25-21-6-3-7-22-20(21)13-19(14-24)29-22/h3,6-11,13,16-17,25H,2,4-5,12H2,1H3,(H,26,27)/t16-,17+/m0/s1. The topological polar surface area (TPSA) is 74.2 Å². The van der Waals surface area contributed by atoms with E-state index in [1.54, 1.807) is 31.4 Å². The van der Waals surface area contributed by atoms with Crippen LogP contribution in [0.25, 0.3) is 10.1 Å². The van der Waals surface area contributed by atoms with Crippen molar-refractivity contribution in [3.05, 3.63) is 59.0 Å². The largest absolute Gasteiger partial charge is 0.497 e. The highest BCUT2D eigenvalue weighted by atomic mass is 32.1. The molecule has 5 nitrogen and oxygen atoms in total. The van der Waals surface area contributed by atoms with E-state index in [0.717, 1.165) is 52.1 Å². The number of nitriles is 1. The van der Waals surface area contributed by atoms with Gasteiger partial charge in [0, 0.05) is 33.4 Å². The number of thiophene rings is 1. The second-order valence-electron chi connectivity index (χ2n) is 7.35. The molecule has 6 heteroatoms. The lowest BCUT2D eigenvalue weighted by Crippen LogP contribution is -2.41. The number of nitrogens with one attached hydrogen (secondary N) is 2. The molecule has 1 amide bonds. The van der Waals surface area contributed by atoms with Crippen LogP contribution in [0.15, 0.2) is 48.5 Å². The molecule has 0 spiro atoms. The minimum absolute atomic E-state index is 0.0445. The Morgan fingerprint density at radius 2 is 1.97 bits per heavy atom. The van der Waals surface area contributed by atoms with E-state index in [1.165, 1.54) is 11.3 Å². The number of benzene rings is 2. The number of ether oxygens (including phenoxy) is 1. The van der Waals surface area contributed by atoms with Gasteiger partial charge < -0.3 is 15.4 Å². The molecule has 2 aromatic carbocycles. The van der Waals surface area contributed by atoms with Crippen molar-refractivity contribution >= 4 is 33.0 Å². The highest BCUT2D eigenvalue weighted by molar-refractivity contribution is 7.19. The van der Waals surface area contributed by atoms with E-state index in [1.807, 2.05) is 18.2 Å². The minimum atomic E-state index is -0.0445. The molecular weight excluding hydrogens is 382 g/mol. The highest BCUT2D eigenvalue weighted by Gasteiger charge is 2.24. The van der Waals surface area contributed by atoms with Crippen LogP contribution >= 0.6 is 11.3 Å². The van der Waals surface area contributed by atoms with Crippen molar-refractivity contribution < 1.29 is 9.53 Å². The molecule has 1 aromatic heterocycles. The summed E-state index contributed by atoms with van der Waals surface area (Å²) >= 11 is 1.52. The Morgan fingerprint density at radius 1 is 1.17 bits per heavy atom. The molecule has 0 radical (unpaired) electrons. The van der Waals surface area contributed by atoms with E-state index in [9.17, 15) is 10.1 Å². The number of hydrogen-bond donors (Lipinski definition) is 2. The summed E-state index contributed by atoms with van der Waals surface area (Å²) in [6, 6.07) is 17.9. The molecule has 1 heterocycles. The van der Waals surface area contributed by atoms with Crippen LogP contribution in [0.4, 0.5) is 5.69 Å². The maximum atomic E-state index is 12.6. The third-order valence-corrected chi connectivity index (χ3v) is 6.40. The molecule has 2 N–H and O–H groups in total. The molecule has 29 heavy (non-hydrogen) atoms. The molecule has 0 aliphatic heterocycles. The second-order valence-corrected chi connectivity index (χ2v) is 8.43. The quantitative estimate of drug-likeness (QED) is 0.631. The number of hydrogen-bond acceptors (Lipinski definition) is 5. The van der Waals surface area contributed by atoms with Crippen LogP contribution in [0.3, 0.4) is 0 Å². The normalized spacial score (nSPS) is 18.8. The Morgan fingerprint density at radius 3 is 2.72 bits per heavy atom. The van der Waals surface area contributed by atoms with E-state index in [-0.39, 0.29) is 11.9 Å². The fraction of sp³-hybridized carbons (Fsp3) is 0.304. The Kier molecular flexibility index (Phi) is 5.68. The van der Waals surface area contributed by atoms with Gasteiger partial charge in [0.1, 0.15) is 16.7 Å². The Labute approximate surface area is 174 Å². The Hall–Kier alpha value is -3.04. The molecule has 1 saturated carbocycles. The maximum absolute atomic E-state index is 12.6. The number of methoxy groups -OCH3 is 1. The van der Waals surface area contributed by atoms with E-state index >= 15 is 0 Å². The number of fused-ring (bicyclic) bond motifs is 1. The lowest BCUT2D eigenvalue weighted by Gasteiger charge is -2.31. The van der Waals surface area contributed by atoms with Gasteiger partial charge in [-0.2, -0.15) is 5.26 Å². The number of anilines is 1. The molecule has 4 rings (SSSR count). The first-order valence-electron chi connectivity index (χ1n) is 9.80. The van der Waals surface area contributed by atoms with Crippen LogP contribution in [0, 0.1) is 11.3 Å². The number of nitrogens with zero attached hydrogens (tertiary/aromatic N) is 1. The molecule has 0 saturated heterocycles. The second kappa shape index (κ2) is 8.54. The fourth-order valence-electron chi connectivity index (χ4n) is 3.92. The summed E-state index contributed by atoms with van der Waals surface area (Å²) in [5.74, 6) is 0.697. The number of amides is 1. The van der Waals surface area contributed by atoms with Gasteiger partial charge >= 0.3 is 0 Å². The van der Waals surface area contributed by atoms with E-state index in [4.69, 9.17) is 4.74 Å². The van der Waals surface area contributed by atoms with E-state index in [0.29, 0.717) is 11.6 Å². The first-order chi connectivity index (χ1) is 14.2. The summed E-state index contributed by atoms with van der Waals surface area (Å²) in [5.41, 5.74) is 1.71. The Balaban J connectivity index is 1.41. The van der Waals surface area contributed by atoms with Gasteiger partial charge in [0.05, 0.1) is 7.11 Å². The first kappa shape index (κ1) is 19.3. The number of carbonyl (C=O) groups is 1. The third-order valence-electron chi connectivity index (χ3n) is 5.39. The van der Waals surface area contributed by atoms with Gasteiger partial charge in [-0.25, -0.2) is 0 Å². The van der Waals surface area contributed by atoms with Crippen LogP contribution in [0.5, 0.6) is 5.75 Å². The average molecular weight is 406 g/mol. The summed E-state index contributed by atoms with van der Waals surface area (Å²) < 4.78 is 6.27. The van der Waals surface area contributed by atoms with Crippen LogP contribution in [0.1, 0.15) is 40.9 Å². The predicted octanol–water partition coefficient (Wildman–Crippen LogP) is 4.93. The van der Waals surface area contributed by atoms with Crippen molar-refractivity contribution in [2.75, 3.05) is 12.4 Å². The average Bonchev–Trinajstić information content (AvgIpc) is 3.19. The summed E-state index contributed by atoms with van der Waals surface area (Å²) in [5, 5.41) is 17.1. The van der Waals surface area contributed by atoms with Gasteiger partial charge in [-0.1, -0.05) is 6.07 Å². The summed E-state index contributed by atoms with van der Waals surface area (Å²) in [6.07, 6.45) is 4.00. The smallest absolute Gasteiger partial charge is 0.251 e. The van der Waals surface area contributed by atoms with Crippen LogP contribution < -0.4 is 15.4 Å². The molecule has 2 atom stereocenters. The predicted molar refractivity (Wildman–Crippen MR) is 117 cm³/mol. The van der Waals surface area contributed by atoms with Gasteiger partial charge in [0.15, 0.2) is 0 Å². The van der Waals surface area contributed by atoms with Crippen molar-refractivity contribution in [3.8, 4) is 11.8 Å². The van der Waals surface area contributed by atoms with Crippen molar-refractivity contribution in [1.29, 1.82) is 5.26 Å². The summed E-state index contributed by atoms with van der Waals surface area (Å²) in [7, 11) is 1.61. The van der Waals surface area contributed by atoms with Crippen molar-refractivity contribution in [3.63, 3.8) is 0 Å². The minimum Gasteiger partial charge on any atom is -0.497 e. The first-order valence-corrected chi connectivity index (χ1v) is 10.6. The lowest BCUT2D eigenvalue weighted by molar-refractivity contribution is 0.0926. The lowest BCUT2D eigenvalue weighted by atomic mass is 9.90. The van der Waals surface area contributed by atoms with E-state index in [2.05, 4.69) is 22.8 Å². The molecule has 1 aliphatic carbocycles. The van der Waals surface area contributed by atoms with Crippen LogP contribution in [0.2, 0.25) is 0 Å². The SMILES string of the molecule is COc1ccc(C(=O)N[C@@H]2CCC[C@H](Nc3cccc4sc(C#N)cc34)C2)cc1. The Bertz CT molecular complexity index is 1050. The van der Waals surface area contributed by atoms with E-state index < -0.39 is 0 Å². The summed E-state index contributed by atoms with van der Waals surface area (Å²) in [4.78, 5) is 13.3. The van der Waals surface area contributed by atoms with Gasteiger partial charge in [0.25, 0.3) is 5.91 Å². The number of rotatable bonds is 5. The number of carbonyl (C=O) groups excluding carboxylic acids is 1. The molecule has 148 valence electrons. The molecule has 3 aromatic rings.